The molecule has 1 saturated heterocycles. The molecule has 2 unspecified atom stereocenters. The number of aromatic nitrogens is 3. The number of fused-ring (bicyclic) bond motifs is 1. The molecule has 1 aliphatic rings. The number of H-pyrrole nitrogens is 1. The number of hydrogen-bond acceptors (Lipinski definition) is 3. The highest BCUT2D eigenvalue weighted by atomic mass is 15.2. The summed E-state index contributed by atoms with van der Waals surface area (Å²) < 4.78 is 0. The van der Waals surface area contributed by atoms with Gasteiger partial charge in [-0.05, 0) is 18.4 Å². The van der Waals surface area contributed by atoms with Crippen LogP contribution < -0.4 is 10.2 Å². The lowest BCUT2D eigenvalue weighted by molar-refractivity contribution is 0.333. The highest BCUT2D eigenvalue weighted by molar-refractivity contribution is 5.87. The molecular formula is C13H18N5. The van der Waals surface area contributed by atoms with Gasteiger partial charge in [-0.15, -0.1) is 0 Å². The predicted octanol–water partition coefficient (Wildman–Crippen LogP) is 1.41. The van der Waals surface area contributed by atoms with Crippen LogP contribution >= 0.6 is 0 Å². The quantitative estimate of drug-likeness (QED) is 0.869. The number of hydrogen-bond donors (Lipinski definition) is 1. The van der Waals surface area contributed by atoms with Crippen molar-refractivity contribution in [3.05, 3.63) is 18.6 Å². The lowest BCUT2D eigenvalue weighted by Crippen LogP contribution is -2.47. The Bertz CT molecular complexity index is 535. The Morgan fingerprint density at radius 1 is 1.39 bits per heavy atom. The number of piperidine rings is 1. The maximum absolute atomic E-state index is 4.53. The summed E-state index contributed by atoms with van der Waals surface area (Å²) in [6.07, 6.45) is 4.69. The number of nitrogens with one attached hydrogen (secondary N) is 1. The van der Waals surface area contributed by atoms with Crippen LogP contribution in [0.15, 0.2) is 18.6 Å². The first-order chi connectivity index (χ1) is 8.77. The van der Waals surface area contributed by atoms with Gasteiger partial charge in [-0.1, -0.05) is 6.92 Å². The molecule has 0 aliphatic carbocycles. The molecule has 1 radical (unpaired) electrons. The van der Waals surface area contributed by atoms with Gasteiger partial charge in [-0.25, -0.2) is 15.3 Å². The Morgan fingerprint density at radius 3 is 3.11 bits per heavy atom. The van der Waals surface area contributed by atoms with Gasteiger partial charge in [0.1, 0.15) is 17.8 Å². The van der Waals surface area contributed by atoms with E-state index < -0.39 is 0 Å². The predicted molar refractivity (Wildman–Crippen MR) is 71.7 cm³/mol. The standard InChI is InChI=1S/C13H18N5/c1-9-3-5-14-7-11(9)18(2)13-10-4-6-15-12(10)16-8-17-13/h4,6,8-9,11H,3,5,7H2,1-2H3,(H,15,16,17). The van der Waals surface area contributed by atoms with E-state index in [-0.39, 0.29) is 0 Å². The molecule has 0 spiro atoms. The van der Waals surface area contributed by atoms with E-state index in [1.165, 1.54) is 0 Å². The van der Waals surface area contributed by atoms with Crippen molar-refractivity contribution in [1.82, 2.24) is 20.3 Å². The summed E-state index contributed by atoms with van der Waals surface area (Å²) in [4.78, 5) is 14.1. The minimum Gasteiger partial charge on any atom is -0.354 e. The van der Waals surface area contributed by atoms with Gasteiger partial charge in [-0.3, -0.25) is 0 Å². The van der Waals surface area contributed by atoms with E-state index in [0.717, 1.165) is 36.4 Å². The van der Waals surface area contributed by atoms with Crippen LogP contribution in [0, 0.1) is 5.92 Å². The van der Waals surface area contributed by atoms with Crippen LogP contribution in [0.4, 0.5) is 5.82 Å². The van der Waals surface area contributed by atoms with Gasteiger partial charge in [0.2, 0.25) is 0 Å². The van der Waals surface area contributed by atoms with Gasteiger partial charge in [-0.2, -0.15) is 0 Å². The Labute approximate surface area is 107 Å². The van der Waals surface area contributed by atoms with Gasteiger partial charge in [0, 0.05) is 32.4 Å². The Kier molecular flexibility index (Phi) is 2.91. The van der Waals surface area contributed by atoms with Gasteiger partial charge < -0.3 is 9.88 Å². The molecule has 0 aromatic carbocycles. The monoisotopic (exact) mass is 244 g/mol. The van der Waals surface area contributed by atoms with Crippen molar-refractivity contribution < 1.29 is 0 Å². The average molecular weight is 244 g/mol. The summed E-state index contributed by atoms with van der Waals surface area (Å²) in [6.45, 7) is 4.19. The summed E-state index contributed by atoms with van der Waals surface area (Å²) in [5.41, 5.74) is 0.896. The van der Waals surface area contributed by atoms with Crippen LogP contribution in [0.5, 0.6) is 0 Å². The van der Waals surface area contributed by atoms with Crippen molar-refractivity contribution in [3.63, 3.8) is 0 Å². The molecule has 1 N–H and O–H groups in total. The number of aromatic amines is 1. The van der Waals surface area contributed by atoms with Crippen molar-refractivity contribution in [2.45, 2.75) is 19.4 Å². The molecule has 18 heavy (non-hydrogen) atoms. The lowest BCUT2D eigenvalue weighted by Gasteiger charge is -2.36. The fraction of sp³-hybridized carbons (Fsp3) is 0.538. The molecule has 3 heterocycles. The van der Waals surface area contributed by atoms with E-state index in [9.17, 15) is 0 Å². The molecule has 2 atom stereocenters. The molecule has 5 heteroatoms. The zero-order chi connectivity index (χ0) is 12.5. The molecule has 0 saturated carbocycles. The molecular weight excluding hydrogens is 226 g/mol. The van der Waals surface area contributed by atoms with Crippen LogP contribution in [-0.4, -0.2) is 41.1 Å². The Balaban J connectivity index is 1.95. The van der Waals surface area contributed by atoms with Crippen molar-refractivity contribution in [1.29, 1.82) is 0 Å². The maximum Gasteiger partial charge on any atom is 0.142 e. The first-order valence-corrected chi connectivity index (χ1v) is 6.41. The fourth-order valence-electron chi connectivity index (χ4n) is 2.69. The SMILES string of the molecule is CC1CC[N]CC1N(C)c1ncnc2[nH]ccc12. The normalized spacial score (nSPS) is 24.3. The molecule has 0 amide bonds. The molecule has 0 bridgehead atoms. The molecule has 3 rings (SSSR count). The minimum absolute atomic E-state index is 0.437. The van der Waals surface area contributed by atoms with E-state index in [2.05, 4.69) is 39.1 Å². The first kappa shape index (κ1) is 11.5. The van der Waals surface area contributed by atoms with Crippen molar-refractivity contribution >= 4 is 16.9 Å². The molecule has 2 aromatic heterocycles. The van der Waals surface area contributed by atoms with E-state index in [0.29, 0.717) is 12.0 Å². The Morgan fingerprint density at radius 2 is 2.28 bits per heavy atom. The second-order valence-electron chi connectivity index (χ2n) is 5.01. The fourth-order valence-corrected chi connectivity index (χ4v) is 2.69. The molecule has 5 nitrogen and oxygen atoms in total. The molecule has 2 aromatic rings. The van der Waals surface area contributed by atoms with Crippen LogP contribution in [0.25, 0.3) is 11.0 Å². The third-order valence-corrected chi connectivity index (χ3v) is 3.88. The number of rotatable bonds is 2. The summed E-state index contributed by atoms with van der Waals surface area (Å²) in [7, 11) is 2.11. The van der Waals surface area contributed by atoms with Crippen LogP contribution in [0.2, 0.25) is 0 Å². The second kappa shape index (κ2) is 4.57. The second-order valence-corrected chi connectivity index (χ2v) is 5.01. The first-order valence-electron chi connectivity index (χ1n) is 6.41. The van der Waals surface area contributed by atoms with Crippen molar-refractivity contribution in [2.24, 2.45) is 5.92 Å². The zero-order valence-corrected chi connectivity index (χ0v) is 10.8. The average Bonchev–Trinajstić information content (AvgIpc) is 2.86. The summed E-state index contributed by atoms with van der Waals surface area (Å²) in [6, 6.07) is 2.47. The summed E-state index contributed by atoms with van der Waals surface area (Å²) in [5, 5.41) is 5.61. The van der Waals surface area contributed by atoms with E-state index in [4.69, 9.17) is 0 Å². The summed E-state index contributed by atoms with van der Waals surface area (Å²) in [5.74, 6) is 1.65. The van der Waals surface area contributed by atoms with Gasteiger partial charge in [0.25, 0.3) is 0 Å². The maximum atomic E-state index is 4.53. The topological polar surface area (TPSA) is 58.9 Å². The minimum atomic E-state index is 0.437. The smallest absolute Gasteiger partial charge is 0.142 e. The molecule has 1 aliphatic heterocycles. The molecule has 1 fully saturated rings. The number of nitrogens with zero attached hydrogens (tertiary/aromatic N) is 4. The van der Waals surface area contributed by atoms with Gasteiger partial charge in [0.15, 0.2) is 0 Å². The Hall–Kier alpha value is -1.62. The van der Waals surface area contributed by atoms with E-state index in [1.807, 2.05) is 12.3 Å². The number of likely N-dealkylation sites (N-methyl/N-ethyl adjacent to an activating group) is 1. The van der Waals surface area contributed by atoms with Crippen molar-refractivity contribution in [3.8, 4) is 0 Å². The highest BCUT2D eigenvalue weighted by Crippen LogP contribution is 2.26. The van der Waals surface area contributed by atoms with Crippen LogP contribution in [0.1, 0.15) is 13.3 Å². The van der Waals surface area contributed by atoms with Gasteiger partial charge in [0.05, 0.1) is 5.39 Å². The summed E-state index contributed by atoms with van der Waals surface area (Å²) >= 11 is 0. The lowest BCUT2D eigenvalue weighted by atomic mass is 9.93. The largest absolute Gasteiger partial charge is 0.354 e. The van der Waals surface area contributed by atoms with E-state index >= 15 is 0 Å². The van der Waals surface area contributed by atoms with E-state index in [1.54, 1.807) is 6.33 Å². The van der Waals surface area contributed by atoms with Crippen LogP contribution in [-0.2, 0) is 0 Å². The van der Waals surface area contributed by atoms with Gasteiger partial charge >= 0.3 is 0 Å². The zero-order valence-electron chi connectivity index (χ0n) is 10.8. The third-order valence-electron chi connectivity index (χ3n) is 3.88. The molecule has 95 valence electrons. The highest BCUT2D eigenvalue weighted by Gasteiger charge is 2.27. The van der Waals surface area contributed by atoms with Crippen LogP contribution in [0.3, 0.4) is 0 Å². The van der Waals surface area contributed by atoms with Crippen molar-refractivity contribution in [2.75, 3.05) is 25.0 Å². The third kappa shape index (κ3) is 1.84. The number of anilines is 1.